The zero-order chi connectivity index (χ0) is 6.69. The number of halogens is 1. The Morgan fingerprint density at radius 3 is 2.20 bits per heavy atom. The Morgan fingerprint density at radius 2 is 1.80 bits per heavy atom. The number of phenols is 1. The van der Waals surface area contributed by atoms with Crippen molar-refractivity contribution in [2.24, 2.45) is 0 Å². The van der Waals surface area contributed by atoms with E-state index in [0.29, 0.717) is 5.56 Å². The standard InChI is InChI=1S/C7H7FO.Na.H/c8-5-6-1-3-7(9)4-2-6;;/h1-4,9H,5H2;;/q;+1;-1. The van der Waals surface area contributed by atoms with Crippen molar-refractivity contribution in [3.8, 4) is 5.75 Å². The maximum absolute atomic E-state index is 11.8. The smallest absolute Gasteiger partial charge is 1.00 e. The van der Waals surface area contributed by atoms with Gasteiger partial charge in [-0.2, -0.15) is 0 Å². The summed E-state index contributed by atoms with van der Waals surface area (Å²) in [5, 5.41) is 8.73. The number of alkyl halides is 1. The van der Waals surface area contributed by atoms with E-state index >= 15 is 0 Å². The molecule has 1 rings (SSSR count). The summed E-state index contributed by atoms with van der Waals surface area (Å²) in [7, 11) is 0. The van der Waals surface area contributed by atoms with Crippen LogP contribution in [0.1, 0.15) is 6.99 Å². The van der Waals surface area contributed by atoms with E-state index in [1.165, 1.54) is 12.1 Å². The van der Waals surface area contributed by atoms with Gasteiger partial charge < -0.3 is 6.53 Å². The van der Waals surface area contributed by atoms with Gasteiger partial charge >= 0.3 is 29.6 Å². The molecule has 0 bridgehead atoms. The van der Waals surface area contributed by atoms with E-state index in [2.05, 4.69) is 0 Å². The molecule has 0 aliphatic carbocycles. The van der Waals surface area contributed by atoms with Crippen molar-refractivity contribution >= 4 is 0 Å². The van der Waals surface area contributed by atoms with Crippen LogP contribution >= 0.6 is 0 Å². The summed E-state index contributed by atoms with van der Waals surface area (Å²) in [5.74, 6) is 0.173. The molecule has 1 N–H and O–H groups in total. The molecule has 0 fully saturated rings. The number of hydrogen-bond acceptors (Lipinski definition) is 1. The first kappa shape index (κ1) is 9.95. The number of aromatic hydroxyl groups is 1. The zero-order valence-corrected chi connectivity index (χ0v) is 7.84. The summed E-state index contributed by atoms with van der Waals surface area (Å²) in [6.07, 6.45) is 0. The fourth-order valence-electron chi connectivity index (χ4n) is 0.585. The molecule has 0 amide bonds. The molecule has 0 saturated carbocycles. The molecule has 0 heterocycles. The second-order valence-electron chi connectivity index (χ2n) is 1.80. The van der Waals surface area contributed by atoms with Gasteiger partial charge in [-0.25, -0.2) is 4.39 Å². The Bertz CT molecular complexity index is 190. The summed E-state index contributed by atoms with van der Waals surface area (Å²) in [4.78, 5) is 0. The second-order valence-corrected chi connectivity index (χ2v) is 1.80. The fraction of sp³-hybridized carbons (Fsp3) is 0.143. The average molecular weight is 150 g/mol. The van der Waals surface area contributed by atoms with Gasteiger partial charge in [0.2, 0.25) is 0 Å². The summed E-state index contributed by atoms with van der Waals surface area (Å²) >= 11 is 0. The van der Waals surface area contributed by atoms with E-state index in [4.69, 9.17) is 5.11 Å². The fourth-order valence-corrected chi connectivity index (χ4v) is 0.585. The molecule has 0 unspecified atom stereocenters. The molecule has 0 aliphatic rings. The van der Waals surface area contributed by atoms with Gasteiger partial charge in [0.05, 0.1) is 0 Å². The summed E-state index contributed by atoms with van der Waals surface area (Å²) in [6, 6.07) is 6.04. The van der Waals surface area contributed by atoms with Crippen LogP contribution in [-0.4, -0.2) is 5.11 Å². The molecule has 0 atom stereocenters. The van der Waals surface area contributed by atoms with Gasteiger partial charge in [-0.1, -0.05) is 12.1 Å². The van der Waals surface area contributed by atoms with Crippen molar-refractivity contribution in [2.45, 2.75) is 6.67 Å². The molecular formula is C7H8FNaO. The third-order valence-electron chi connectivity index (χ3n) is 1.09. The molecule has 1 aromatic rings. The minimum atomic E-state index is -0.472. The van der Waals surface area contributed by atoms with Crippen LogP contribution in [0.3, 0.4) is 0 Å². The van der Waals surface area contributed by atoms with Crippen LogP contribution in [0.15, 0.2) is 24.3 Å². The van der Waals surface area contributed by atoms with Gasteiger partial charge in [-0.05, 0) is 17.7 Å². The van der Waals surface area contributed by atoms with Crippen LogP contribution in [0.4, 0.5) is 4.39 Å². The summed E-state index contributed by atoms with van der Waals surface area (Å²) < 4.78 is 11.8. The summed E-state index contributed by atoms with van der Waals surface area (Å²) in [5.41, 5.74) is 0.591. The van der Waals surface area contributed by atoms with Gasteiger partial charge in [-0.15, -0.1) is 0 Å². The van der Waals surface area contributed by atoms with E-state index in [1.54, 1.807) is 12.1 Å². The molecule has 0 radical (unpaired) electrons. The van der Waals surface area contributed by atoms with Crippen molar-refractivity contribution in [3.05, 3.63) is 29.8 Å². The van der Waals surface area contributed by atoms with Gasteiger partial charge in [0.25, 0.3) is 0 Å². The predicted molar refractivity (Wildman–Crippen MR) is 34.0 cm³/mol. The number of benzene rings is 1. The third kappa shape index (κ3) is 2.69. The summed E-state index contributed by atoms with van der Waals surface area (Å²) in [6.45, 7) is -0.472. The Morgan fingerprint density at radius 1 is 1.30 bits per heavy atom. The quantitative estimate of drug-likeness (QED) is 0.508. The van der Waals surface area contributed by atoms with E-state index in [-0.39, 0.29) is 36.7 Å². The van der Waals surface area contributed by atoms with Gasteiger partial charge in [0.15, 0.2) is 0 Å². The van der Waals surface area contributed by atoms with E-state index in [0.717, 1.165) is 0 Å². The monoisotopic (exact) mass is 150 g/mol. The largest absolute Gasteiger partial charge is 1.00 e. The van der Waals surface area contributed by atoms with Gasteiger partial charge in [0.1, 0.15) is 12.4 Å². The van der Waals surface area contributed by atoms with Crippen LogP contribution in [0, 0.1) is 0 Å². The zero-order valence-electron chi connectivity index (χ0n) is 6.84. The molecule has 0 spiro atoms. The Kier molecular flexibility index (Phi) is 4.69. The molecule has 0 aliphatic heterocycles. The first-order valence-electron chi connectivity index (χ1n) is 2.67. The van der Waals surface area contributed by atoms with Crippen molar-refractivity contribution in [3.63, 3.8) is 0 Å². The second kappa shape index (κ2) is 4.72. The van der Waals surface area contributed by atoms with Crippen molar-refractivity contribution < 1.29 is 40.5 Å². The van der Waals surface area contributed by atoms with Crippen molar-refractivity contribution in [2.75, 3.05) is 0 Å². The Hall–Kier alpha value is -0.0500. The predicted octanol–water partition coefficient (Wildman–Crippen LogP) is -1.02. The Balaban J connectivity index is 0. The number of hydrogen-bond donors (Lipinski definition) is 1. The molecule has 3 heteroatoms. The third-order valence-corrected chi connectivity index (χ3v) is 1.09. The van der Waals surface area contributed by atoms with E-state index in [9.17, 15) is 4.39 Å². The number of rotatable bonds is 1. The molecule has 1 nitrogen and oxygen atoms in total. The topological polar surface area (TPSA) is 20.2 Å². The van der Waals surface area contributed by atoms with Crippen LogP contribution in [-0.2, 0) is 6.67 Å². The molecule has 10 heavy (non-hydrogen) atoms. The maximum atomic E-state index is 11.8. The van der Waals surface area contributed by atoms with Gasteiger partial charge in [0, 0.05) is 0 Å². The van der Waals surface area contributed by atoms with Gasteiger partial charge in [-0.3, -0.25) is 0 Å². The molecule has 50 valence electrons. The number of phenolic OH excluding ortho intramolecular Hbond substituents is 1. The first-order valence-corrected chi connectivity index (χ1v) is 2.67. The SMILES string of the molecule is Oc1ccc(CF)cc1.[H-].[Na+]. The maximum Gasteiger partial charge on any atom is 1.00 e. The normalized spacial score (nSPS) is 8.50. The average Bonchev–Trinajstić information content (AvgIpc) is 1.90. The van der Waals surface area contributed by atoms with Crippen LogP contribution < -0.4 is 29.6 Å². The minimum Gasteiger partial charge on any atom is -1.00 e. The van der Waals surface area contributed by atoms with Crippen LogP contribution in [0.2, 0.25) is 0 Å². The van der Waals surface area contributed by atoms with E-state index in [1.807, 2.05) is 0 Å². The van der Waals surface area contributed by atoms with Crippen LogP contribution in [0.5, 0.6) is 5.75 Å². The first-order chi connectivity index (χ1) is 4.33. The van der Waals surface area contributed by atoms with Crippen molar-refractivity contribution in [1.82, 2.24) is 0 Å². The Labute approximate surface area is 82.7 Å². The minimum absolute atomic E-state index is 0. The molecule has 0 saturated heterocycles. The van der Waals surface area contributed by atoms with Crippen LogP contribution in [0.25, 0.3) is 0 Å². The molecule has 1 aromatic carbocycles. The van der Waals surface area contributed by atoms with E-state index < -0.39 is 6.67 Å². The molecule has 0 aromatic heterocycles. The molecular weight excluding hydrogens is 142 g/mol. The van der Waals surface area contributed by atoms with Crippen molar-refractivity contribution in [1.29, 1.82) is 0 Å².